The quantitative estimate of drug-likeness (QED) is 0.188. The van der Waals surface area contributed by atoms with Gasteiger partial charge in [0.25, 0.3) is 0 Å². The highest BCUT2D eigenvalue weighted by Gasteiger charge is 2.28. The van der Waals surface area contributed by atoms with E-state index in [0.29, 0.717) is 0 Å². The lowest BCUT2D eigenvalue weighted by atomic mass is 10.1. The molecule has 0 aliphatic heterocycles. The van der Waals surface area contributed by atoms with Crippen molar-refractivity contribution in [2.24, 2.45) is 0 Å². The summed E-state index contributed by atoms with van der Waals surface area (Å²) in [5, 5.41) is 0.731. The Morgan fingerprint density at radius 1 is 0.583 bits per heavy atom. The molecule has 0 saturated carbocycles. The highest BCUT2D eigenvalue weighted by molar-refractivity contribution is 7.99. The molecule has 0 bridgehead atoms. The van der Waals surface area contributed by atoms with Gasteiger partial charge in [0.2, 0.25) is 0 Å². The van der Waals surface area contributed by atoms with E-state index in [4.69, 9.17) is 11.6 Å². The lowest BCUT2D eigenvalue weighted by Crippen LogP contribution is -2.05. The van der Waals surface area contributed by atoms with Crippen LogP contribution in [-0.2, 0) is 17.3 Å². The smallest absolute Gasteiger partial charge is 0.166 e. The fraction of sp³-hybridized carbons (Fsp3) is 0.0323. The molecule has 0 nitrogen and oxygen atoms in total. The van der Waals surface area contributed by atoms with Gasteiger partial charge >= 0.3 is 0 Å². The van der Waals surface area contributed by atoms with Gasteiger partial charge in [0.15, 0.2) is 14.7 Å². The van der Waals surface area contributed by atoms with Crippen LogP contribution in [0.4, 0.5) is 8.78 Å². The van der Waals surface area contributed by atoms with Crippen molar-refractivity contribution in [3.8, 4) is 0 Å². The van der Waals surface area contributed by atoms with Crippen molar-refractivity contribution >= 4 is 34.3 Å². The molecule has 0 radical (unpaired) electrons. The molecule has 0 amide bonds. The normalized spacial score (nSPS) is 11.1. The van der Waals surface area contributed by atoms with Gasteiger partial charge in [-0.2, -0.15) is 0 Å². The molecule has 178 valence electrons. The summed E-state index contributed by atoms with van der Waals surface area (Å²) in [5.41, 5.74) is 2.43. The minimum atomic E-state index is -0.482. The van der Waals surface area contributed by atoms with Gasteiger partial charge in [-0.15, -0.1) is 0 Å². The van der Waals surface area contributed by atoms with E-state index in [2.05, 4.69) is 48.5 Å². The Hall–Kier alpha value is -3.05. The van der Waals surface area contributed by atoms with Crippen LogP contribution in [0, 0.1) is 11.6 Å². The Balaban J connectivity index is 1.37. The van der Waals surface area contributed by atoms with Crippen molar-refractivity contribution in [2.75, 3.05) is 0 Å². The maximum atomic E-state index is 13.6. The minimum Gasteiger partial charge on any atom is -0.207 e. The van der Waals surface area contributed by atoms with Crippen LogP contribution in [0.15, 0.2) is 146 Å². The molecule has 0 spiro atoms. The van der Waals surface area contributed by atoms with Gasteiger partial charge < -0.3 is 0 Å². The van der Waals surface area contributed by atoms with Gasteiger partial charge in [-0.05, 0) is 102 Å². The topological polar surface area (TPSA) is 0 Å². The molecule has 0 aliphatic rings. The molecule has 0 saturated heterocycles. The SMILES string of the molecule is Fc1ccc([S+](c2ccc(F)cc2)c2ccc(Sc3ccc(Cc4ccccc4)cc3Cl)cc2)cc1. The number of hydrogen-bond acceptors (Lipinski definition) is 1. The summed E-state index contributed by atoms with van der Waals surface area (Å²) in [6.07, 6.45) is 0.843. The predicted molar refractivity (Wildman–Crippen MR) is 146 cm³/mol. The lowest BCUT2D eigenvalue weighted by Gasteiger charge is -2.10. The van der Waals surface area contributed by atoms with Crippen molar-refractivity contribution in [3.05, 3.63) is 149 Å². The average Bonchev–Trinajstić information content (AvgIpc) is 2.90. The van der Waals surface area contributed by atoms with Gasteiger partial charge in [0, 0.05) is 9.79 Å². The molecule has 0 atom stereocenters. The molecular formula is C31H22ClF2S2+. The number of halogens is 3. The van der Waals surface area contributed by atoms with Gasteiger partial charge in [-0.25, -0.2) is 8.78 Å². The van der Waals surface area contributed by atoms with E-state index in [1.54, 1.807) is 36.0 Å². The second-order valence-electron chi connectivity index (χ2n) is 8.21. The van der Waals surface area contributed by atoms with Crippen molar-refractivity contribution < 1.29 is 8.78 Å². The van der Waals surface area contributed by atoms with Crippen LogP contribution in [0.2, 0.25) is 5.02 Å². The van der Waals surface area contributed by atoms with E-state index in [0.717, 1.165) is 35.9 Å². The molecule has 0 unspecified atom stereocenters. The van der Waals surface area contributed by atoms with Crippen LogP contribution in [-0.4, -0.2) is 0 Å². The van der Waals surface area contributed by atoms with Crippen LogP contribution in [0.5, 0.6) is 0 Å². The van der Waals surface area contributed by atoms with Gasteiger partial charge in [0.05, 0.1) is 15.9 Å². The van der Waals surface area contributed by atoms with E-state index >= 15 is 0 Å². The molecule has 5 aromatic rings. The molecule has 0 aliphatic carbocycles. The monoisotopic (exact) mass is 531 g/mol. The van der Waals surface area contributed by atoms with Gasteiger partial charge in [-0.1, -0.05) is 59.8 Å². The zero-order chi connectivity index (χ0) is 24.9. The molecule has 0 fully saturated rings. The lowest BCUT2D eigenvalue weighted by molar-refractivity contribution is 0.626. The molecular weight excluding hydrogens is 510 g/mol. The maximum Gasteiger partial charge on any atom is 0.166 e. The Labute approximate surface area is 222 Å². The van der Waals surface area contributed by atoms with E-state index in [1.807, 2.05) is 24.3 Å². The van der Waals surface area contributed by atoms with Crippen molar-refractivity contribution in [1.29, 1.82) is 0 Å². The average molecular weight is 532 g/mol. The third kappa shape index (κ3) is 6.01. The molecule has 36 heavy (non-hydrogen) atoms. The first-order valence-electron chi connectivity index (χ1n) is 11.4. The number of hydrogen-bond donors (Lipinski definition) is 0. The first-order valence-corrected chi connectivity index (χ1v) is 13.8. The fourth-order valence-corrected chi connectivity index (χ4v) is 7.07. The first-order chi connectivity index (χ1) is 17.5. The van der Waals surface area contributed by atoms with Crippen LogP contribution < -0.4 is 0 Å². The molecule has 0 N–H and O–H groups in total. The van der Waals surface area contributed by atoms with Gasteiger partial charge in [-0.3, -0.25) is 0 Å². The third-order valence-electron chi connectivity index (χ3n) is 5.63. The summed E-state index contributed by atoms with van der Waals surface area (Å²) in [6, 6.07) is 37.9. The summed E-state index contributed by atoms with van der Waals surface area (Å²) in [5.74, 6) is -0.556. The van der Waals surface area contributed by atoms with Crippen LogP contribution >= 0.6 is 23.4 Å². The van der Waals surface area contributed by atoms with Crippen molar-refractivity contribution in [1.82, 2.24) is 0 Å². The van der Waals surface area contributed by atoms with Gasteiger partial charge in [0.1, 0.15) is 11.6 Å². The zero-order valence-electron chi connectivity index (χ0n) is 19.2. The number of rotatable bonds is 7. The van der Waals surface area contributed by atoms with Crippen LogP contribution in [0.3, 0.4) is 0 Å². The van der Waals surface area contributed by atoms with Crippen LogP contribution in [0.25, 0.3) is 0 Å². The minimum absolute atomic E-state index is 0.278. The molecule has 5 heteroatoms. The summed E-state index contributed by atoms with van der Waals surface area (Å²) < 4.78 is 27.1. The summed E-state index contributed by atoms with van der Waals surface area (Å²) in [6.45, 7) is 0. The highest BCUT2D eigenvalue weighted by Crippen LogP contribution is 2.37. The highest BCUT2D eigenvalue weighted by atomic mass is 35.5. The zero-order valence-corrected chi connectivity index (χ0v) is 21.6. The summed E-state index contributed by atoms with van der Waals surface area (Å²) >= 11 is 8.25. The fourth-order valence-electron chi connectivity index (χ4n) is 3.89. The second-order valence-corrected chi connectivity index (χ2v) is 11.8. The predicted octanol–water partition coefficient (Wildman–Crippen LogP) is 9.46. The summed E-state index contributed by atoms with van der Waals surface area (Å²) in [4.78, 5) is 5.08. The second kappa shape index (κ2) is 11.3. The standard InChI is InChI=1S/C31H22ClF2S2/c32-30-21-23(20-22-4-2-1-3-5-22)6-19-31(30)35-26-11-17-29(18-12-26)36(27-13-7-24(33)8-14-27)28-15-9-25(34)10-16-28/h1-19,21H,20H2/q+1. The first kappa shape index (κ1) is 24.6. The molecule has 5 aromatic carbocycles. The van der Waals surface area contributed by atoms with E-state index in [-0.39, 0.29) is 11.6 Å². The maximum absolute atomic E-state index is 13.6. The van der Waals surface area contributed by atoms with Crippen molar-refractivity contribution in [3.63, 3.8) is 0 Å². The molecule has 0 heterocycles. The molecule has 5 rings (SSSR count). The Morgan fingerprint density at radius 2 is 1.11 bits per heavy atom. The Morgan fingerprint density at radius 3 is 1.64 bits per heavy atom. The Kier molecular flexibility index (Phi) is 7.76. The largest absolute Gasteiger partial charge is 0.207 e. The van der Waals surface area contributed by atoms with E-state index in [1.165, 1.54) is 35.4 Å². The van der Waals surface area contributed by atoms with Crippen LogP contribution in [0.1, 0.15) is 11.1 Å². The van der Waals surface area contributed by atoms with E-state index in [9.17, 15) is 8.78 Å². The summed E-state index contributed by atoms with van der Waals surface area (Å²) in [7, 11) is -0.482. The molecule has 0 aromatic heterocycles. The Bertz CT molecular complexity index is 1390. The van der Waals surface area contributed by atoms with Crippen molar-refractivity contribution in [2.45, 2.75) is 30.9 Å². The third-order valence-corrected chi connectivity index (χ3v) is 9.37. The van der Waals surface area contributed by atoms with E-state index < -0.39 is 10.9 Å². The number of benzene rings is 5.